The summed E-state index contributed by atoms with van der Waals surface area (Å²) in [6, 6.07) is 0. The Kier molecular flexibility index (Phi) is 21.0. The molecular formula is C53H76O15. The van der Waals surface area contributed by atoms with E-state index in [9.17, 15) is 35.1 Å². The zero-order valence-corrected chi connectivity index (χ0v) is 40.0. The molecular weight excluding hydrogens is 877 g/mol. The largest absolute Gasteiger partial charge is 0.481 e. The summed E-state index contributed by atoms with van der Waals surface area (Å²) < 4.78 is 44.1. The second-order valence-corrected chi connectivity index (χ2v) is 19.4. The average Bonchev–Trinajstić information content (AvgIpc) is 3.66. The van der Waals surface area contributed by atoms with Crippen molar-refractivity contribution in [2.45, 2.75) is 196 Å². The average molecular weight is 953 g/mol. The third-order valence-electron chi connectivity index (χ3n) is 13.9. The van der Waals surface area contributed by atoms with Crippen LogP contribution >= 0.6 is 0 Å². The van der Waals surface area contributed by atoms with Gasteiger partial charge in [0, 0.05) is 37.2 Å². The van der Waals surface area contributed by atoms with Crippen LogP contribution in [0, 0.1) is 17.8 Å². The van der Waals surface area contributed by atoms with Crippen LogP contribution in [0.4, 0.5) is 0 Å². The zero-order chi connectivity index (χ0) is 48.7. The van der Waals surface area contributed by atoms with Gasteiger partial charge in [0.2, 0.25) is 0 Å². The Bertz CT molecular complexity index is 1850. The van der Waals surface area contributed by atoms with Crippen molar-refractivity contribution < 1.29 is 73.4 Å². The molecule has 0 aliphatic carbocycles. The van der Waals surface area contributed by atoms with E-state index in [0.717, 1.165) is 24.8 Å². The number of aliphatic hydroxyl groups is 5. The Hall–Kier alpha value is -3.58. The van der Waals surface area contributed by atoms with Crippen molar-refractivity contribution in [1.29, 1.82) is 0 Å². The van der Waals surface area contributed by atoms with E-state index in [-0.39, 0.29) is 60.8 Å². The predicted molar refractivity (Wildman–Crippen MR) is 253 cm³/mol. The highest BCUT2D eigenvalue weighted by Crippen LogP contribution is 2.39. The maximum absolute atomic E-state index is 13.1. The molecule has 15 nitrogen and oxygen atoms in total. The minimum atomic E-state index is -1.60. The molecule has 0 saturated carbocycles. The molecule has 0 aromatic heterocycles. The molecule has 0 unspecified atom stereocenters. The number of ether oxygens (including phenoxy) is 7. The lowest BCUT2D eigenvalue weighted by molar-refractivity contribution is -0.309. The topological polar surface area (TPSA) is 220 Å². The number of esters is 1. The molecule has 4 saturated heterocycles. The summed E-state index contributed by atoms with van der Waals surface area (Å²) in [5.41, 5.74) is 0.922. The van der Waals surface area contributed by atoms with Gasteiger partial charge in [-0.15, -0.1) is 0 Å². The SMILES string of the molecule is C/C(=C\[C@H](C)CCCCC(=O)O)[C@@H]1O[C@@H]2C=C[C@@H]1OC(=O)/C=C\C=CC=C[C@H]1O[C@@H]3C[C@H]1O[C@@H](C=CC[C@H]1O[C@@H](C[C@@H](O[C@@H]4O[C@H](CO)[C@@H](O)[C@H](O)[C@H]4O)/C=C\CCC=CC2)C[C@H](O)[C@H]1C)[C@@H]3C. The number of carbonyl (C=O) groups is 2. The second kappa shape index (κ2) is 26.6. The molecule has 378 valence electrons. The Labute approximate surface area is 401 Å². The van der Waals surface area contributed by atoms with E-state index >= 15 is 0 Å². The number of fused-ring (bicyclic) bond motifs is 13. The quantitative estimate of drug-likeness (QED) is 0.0886. The van der Waals surface area contributed by atoms with E-state index in [1.807, 2.05) is 62.5 Å². The minimum absolute atomic E-state index is 0.0221. The molecule has 7 bridgehead atoms. The van der Waals surface area contributed by atoms with Gasteiger partial charge in [-0.05, 0) is 69.4 Å². The lowest BCUT2D eigenvalue weighted by atomic mass is 9.86. The summed E-state index contributed by atoms with van der Waals surface area (Å²) in [7, 11) is 0. The highest BCUT2D eigenvalue weighted by atomic mass is 16.7. The monoisotopic (exact) mass is 953 g/mol. The number of allylic oxidation sites excluding steroid dienone is 7. The molecule has 7 rings (SSSR count). The van der Waals surface area contributed by atoms with E-state index in [1.54, 1.807) is 12.2 Å². The predicted octanol–water partition coefficient (Wildman–Crippen LogP) is 5.65. The number of carbonyl (C=O) groups excluding carboxylic acids is 1. The number of aliphatic hydroxyl groups excluding tert-OH is 5. The van der Waals surface area contributed by atoms with Gasteiger partial charge in [-0.3, -0.25) is 4.79 Å². The van der Waals surface area contributed by atoms with Gasteiger partial charge < -0.3 is 63.8 Å². The van der Waals surface area contributed by atoms with Crippen molar-refractivity contribution in [1.82, 2.24) is 0 Å². The van der Waals surface area contributed by atoms with E-state index in [4.69, 9.17) is 38.3 Å². The van der Waals surface area contributed by atoms with Crippen molar-refractivity contribution in [3.63, 3.8) is 0 Å². The van der Waals surface area contributed by atoms with Gasteiger partial charge in [-0.1, -0.05) is 106 Å². The molecule has 0 aromatic rings. The molecule has 7 heterocycles. The fraction of sp³-hybridized carbons (Fsp3) is 0.660. The molecule has 19 atom stereocenters. The van der Waals surface area contributed by atoms with Crippen LogP contribution in [-0.2, 0) is 42.7 Å². The first-order valence-corrected chi connectivity index (χ1v) is 24.7. The number of hydrogen-bond acceptors (Lipinski definition) is 14. The maximum atomic E-state index is 13.1. The van der Waals surface area contributed by atoms with Gasteiger partial charge >= 0.3 is 11.9 Å². The number of hydrogen-bond donors (Lipinski definition) is 6. The smallest absolute Gasteiger partial charge is 0.331 e. The van der Waals surface area contributed by atoms with Gasteiger partial charge in [0.15, 0.2) is 12.4 Å². The lowest BCUT2D eigenvalue weighted by Gasteiger charge is -2.42. The van der Waals surface area contributed by atoms with E-state index in [2.05, 4.69) is 38.2 Å². The Morgan fingerprint density at radius 2 is 1.53 bits per heavy atom. The van der Waals surface area contributed by atoms with Crippen LogP contribution in [0.2, 0.25) is 0 Å². The van der Waals surface area contributed by atoms with Gasteiger partial charge in [-0.25, -0.2) is 4.79 Å². The minimum Gasteiger partial charge on any atom is -0.481 e. The summed E-state index contributed by atoms with van der Waals surface area (Å²) in [5, 5.41) is 61.9. The van der Waals surface area contributed by atoms with Crippen LogP contribution < -0.4 is 0 Å². The van der Waals surface area contributed by atoms with Crippen LogP contribution in [0.25, 0.3) is 0 Å². The Morgan fingerprint density at radius 3 is 2.32 bits per heavy atom. The van der Waals surface area contributed by atoms with Crippen LogP contribution in [0.5, 0.6) is 0 Å². The van der Waals surface area contributed by atoms with E-state index < -0.39 is 79.8 Å². The highest BCUT2D eigenvalue weighted by Gasteiger charge is 2.47. The van der Waals surface area contributed by atoms with Gasteiger partial charge in [0.1, 0.15) is 36.6 Å². The number of carboxylic acids is 1. The third kappa shape index (κ3) is 15.5. The normalized spacial score (nSPS) is 41.2. The van der Waals surface area contributed by atoms with Crippen molar-refractivity contribution >= 4 is 11.9 Å². The molecule has 0 radical (unpaired) electrons. The third-order valence-corrected chi connectivity index (χ3v) is 13.9. The van der Waals surface area contributed by atoms with Crippen molar-refractivity contribution in [3.05, 3.63) is 96.7 Å². The molecule has 6 N–H and O–H groups in total. The van der Waals surface area contributed by atoms with Crippen molar-refractivity contribution in [2.24, 2.45) is 17.8 Å². The maximum Gasteiger partial charge on any atom is 0.331 e. The summed E-state index contributed by atoms with van der Waals surface area (Å²) in [6.45, 7) is 7.57. The molecule has 0 spiro atoms. The van der Waals surface area contributed by atoms with Crippen LogP contribution in [0.15, 0.2) is 96.7 Å². The first kappa shape index (κ1) is 53.8. The standard InChI is InChI=1S/C53H76O15/c1-32(17-14-15-23-47(56)57)27-33(2)52-43-26-25-36(63-52)18-10-6-5-7-11-19-37(64-53-51(61)50(60)49(59)46(31-54)68-53)28-38-29-39(55)34(3)40(62-38)21-16-22-41-35(4)44-30-45(65-41)42(66-44)20-12-8-9-13-24-48(58)67-43/h6,8-13,16,19-20,22,24-27,32,34-46,49-55,59-61H,5,7,14-15,17-18,21,23,28-31H2,1-4H3,(H,56,57)/b9-8?,10-6?,19-11-,20-12?,22-16?,24-13-,33-27+/t32-,34-,35+,36+,37+,38+,39+,40-,41+,42-,43+,44-,45-,46-,49-,50+,51-,52+,53-/m1/s1. The van der Waals surface area contributed by atoms with E-state index in [0.29, 0.717) is 44.9 Å². The molecule has 15 heteroatoms. The summed E-state index contributed by atoms with van der Waals surface area (Å²) in [6.07, 6.45) is 23.5. The highest BCUT2D eigenvalue weighted by molar-refractivity contribution is 5.82. The number of aliphatic carboxylic acids is 1. The Balaban J connectivity index is 1.20. The zero-order valence-electron chi connectivity index (χ0n) is 40.0. The fourth-order valence-corrected chi connectivity index (χ4v) is 9.84. The number of unbranched alkanes of at least 4 members (excludes halogenated alkanes) is 1. The van der Waals surface area contributed by atoms with Crippen molar-refractivity contribution in [2.75, 3.05) is 6.61 Å². The van der Waals surface area contributed by atoms with Crippen LogP contribution in [-0.4, -0.2) is 147 Å². The number of carboxylic acid groups (broad SMARTS) is 1. The molecule has 0 aromatic carbocycles. The first-order chi connectivity index (χ1) is 32.7. The summed E-state index contributed by atoms with van der Waals surface area (Å²) in [5.74, 6) is -1.18. The van der Waals surface area contributed by atoms with Gasteiger partial charge in [0.05, 0.1) is 55.4 Å². The first-order valence-electron chi connectivity index (χ1n) is 24.7. The summed E-state index contributed by atoms with van der Waals surface area (Å²) >= 11 is 0. The van der Waals surface area contributed by atoms with Crippen LogP contribution in [0.3, 0.4) is 0 Å². The summed E-state index contributed by atoms with van der Waals surface area (Å²) in [4.78, 5) is 24.1. The van der Waals surface area contributed by atoms with Gasteiger partial charge in [0.25, 0.3) is 0 Å². The van der Waals surface area contributed by atoms with Gasteiger partial charge in [-0.2, -0.15) is 0 Å². The lowest BCUT2D eigenvalue weighted by Crippen LogP contribution is -2.59. The molecule has 7 aliphatic rings. The number of rotatable bonds is 10. The second-order valence-electron chi connectivity index (χ2n) is 19.4. The fourth-order valence-electron chi connectivity index (χ4n) is 9.84. The molecule has 7 aliphatic heterocycles. The molecule has 4 fully saturated rings. The van der Waals surface area contributed by atoms with E-state index in [1.165, 1.54) is 6.08 Å². The van der Waals surface area contributed by atoms with Crippen LogP contribution in [0.1, 0.15) is 98.3 Å². The molecule has 68 heavy (non-hydrogen) atoms. The Morgan fingerprint density at radius 1 is 0.750 bits per heavy atom. The van der Waals surface area contributed by atoms with Crippen molar-refractivity contribution in [3.8, 4) is 0 Å². The molecule has 0 amide bonds.